The SMILES string of the molecule is CN(C)CCN(C)c1ccnc2nc(N3CCCC3)c(F)cc12. The van der Waals surface area contributed by atoms with Crippen LogP contribution in [0.1, 0.15) is 12.8 Å². The minimum Gasteiger partial charge on any atom is -0.373 e. The topological polar surface area (TPSA) is 35.5 Å². The zero-order valence-corrected chi connectivity index (χ0v) is 14.1. The van der Waals surface area contributed by atoms with Crippen LogP contribution in [0.3, 0.4) is 0 Å². The van der Waals surface area contributed by atoms with Crippen LogP contribution in [0.25, 0.3) is 11.0 Å². The van der Waals surface area contributed by atoms with Gasteiger partial charge in [0.2, 0.25) is 0 Å². The first-order valence-electron chi connectivity index (χ1n) is 8.12. The third-order valence-corrected chi connectivity index (χ3v) is 4.34. The van der Waals surface area contributed by atoms with E-state index in [0.29, 0.717) is 11.5 Å². The van der Waals surface area contributed by atoms with E-state index < -0.39 is 0 Å². The summed E-state index contributed by atoms with van der Waals surface area (Å²) in [6, 6.07) is 3.51. The van der Waals surface area contributed by atoms with Gasteiger partial charge in [-0.3, -0.25) is 0 Å². The molecule has 1 aliphatic heterocycles. The molecule has 6 heteroatoms. The second-order valence-electron chi connectivity index (χ2n) is 6.41. The van der Waals surface area contributed by atoms with Crippen molar-refractivity contribution in [3.05, 3.63) is 24.1 Å². The maximum atomic E-state index is 14.6. The van der Waals surface area contributed by atoms with Gasteiger partial charge in [0.1, 0.15) is 0 Å². The second-order valence-corrected chi connectivity index (χ2v) is 6.41. The number of likely N-dealkylation sites (N-methyl/N-ethyl adjacent to an activating group) is 2. The number of pyridine rings is 2. The normalized spacial score (nSPS) is 14.9. The van der Waals surface area contributed by atoms with Crippen LogP contribution in [0.4, 0.5) is 15.9 Å². The summed E-state index contributed by atoms with van der Waals surface area (Å²) >= 11 is 0. The predicted octanol–water partition coefficient (Wildman–Crippen LogP) is 2.37. The van der Waals surface area contributed by atoms with Gasteiger partial charge in [-0.1, -0.05) is 0 Å². The van der Waals surface area contributed by atoms with Gasteiger partial charge in [0.15, 0.2) is 17.3 Å². The Balaban J connectivity index is 1.96. The van der Waals surface area contributed by atoms with Gasteiger partial charge in [-0.15, -0.1) is 0 Å². The molecule has 23 heavy (non-hydrogen) atoms. The van der Waals surface area contributed by atoms with Crippen molar-refractivity contribution in [2.75, 3.05) is 57.1 Å². The van der Waals surface area contributed by atoms with Crippen LogP contribution in [0, 0.1) is 5.82 Å². The van der Waals surface area contributed by atoms with Crippen molar-refractivity contribution in [2.24, 2.45) is 0 Å². The number of hydrogen-bond donors (Lipinski definition) is 0. The van der Waals surface area contributed by atoms with Gasteiger partial charge < -0.3 is 14.7 Å². The summed E-state index contributed by atoms with van der Waals surface area (Å²) in [5, 5.41) is 0.772. The number of nitrogens with zero attached hydrogens (tertiary/aromatic N) is 5. The third kappa shape index (κ3) is 3.37. The van der Waals surface area contributed by atoms with Gasteiger partial charge in [-0.25, -0.2) is 14.4 Å². The number of fused-ring (bicyclic) bond motifs is 1. The van der Waals surface area contributed by atoms with Crippen LogP contribution in [0.5, 0.6) is 0 Å². The average molecular weight is 317 g/mol. The van der Waals surface area contributed by atoms with E-state index in [2.05, 4.69) is 19.8 Å². The van der Waals surface area contributed by atoms with Crippen LogP contribution >= 0.6 is 0 Å². The van der Waals surface area contributed by atoms with E-state index in [0.717, 1.165) is 50.1 Å². The highest BCUT2D eigenvalue weighted by molar-refractivity contribution is 5.90. The van der Waals surface area contributed by atoms with Gasteiger partial charge in [0.05, 0.1) is 0 Å². The minimum absolute atomic E-state index is 0.255. The Bertz CT molecular complexity index is 682. The lowest BCUT2D eigenvalue weighted by molar-refractivity contribution is 0.416. The van der Waals surface area contributed by atoms with E-state index in [9.17, 15) is 4.39 Å². The second kappa shape index (κ2) is 6.66. The van der Waals surface area contributed by atoms with Gasteiger partial charge in [0, 0.05) is 50.5 Å². The molecule has 1 fully saturated rings. The molecule has 5 nitrogen and oxygen atoms in total. The molecule has 0 unspecified atom stereocenters. The van der Waals surface area contributed by atoms with Crippen molar-refractivity contribution in [1.82, 2.24) is 14.9 Å². The van der Waals surface area contributed by atoms with E-state index >= 15 is 0 Å². The van der Waals surface area contributed by atoms with Gasteiger partial charge in [-0.05, 0) is 39.1 Å². The molecule has 2 aromatic heterocycles. The summed E-state index contributed by atoms with van der Waals surface area (Å²) in [5.74, 6) is 0.185. The zero-order chi connectivity index (χ0) is 16.4. The fourth-order valence-corrected chi connectivity index (χ4v) is 2.98. The van der Waals surface area contributed by atoms with E-state index in [1.165, 1.54) is 0 Å². The molecule has 0 atom stereocenters. The lowest BCUT2D eigenvalue weighted by atomic mass is 10.2. The maximum absolute atomic E-state index is 14.6. The van der Waals surface area contributed by atoms with E-state index in [4.69, 9.17) is 0 Å². The highest BCUT2D eigenvalue weighted by atomic mass is 19.1. The molecule has 3 rings (SSSR count). The number of anilines is 2. The molecule has 124 valence electrons. The molecule has 3 heterocycles. The highest BCUT2D eigenvalue weighted by Gasteiger charge is 2.20. The summed E-state index contributed by atoms with van der Waals surface area (Å²) in [5.41, 5.74) is 1.58. The van der Waals surface area contributed by atoms with Crippen LogP contribution < -0.4 is 9.80 Å². The molecular weight excluding hydrogens is 293 g/mol. The fraction of sp³-hybridized carbons (Fsp3) is 0.529. The Hall–Kier alpha value is -1.95. The first-order valence-corrected chi connectivity index (χ1v) is 8.12. The summed E-state index contributed by atoms with van der Waals surface area (Å²) in [6.45, 7) is 3.54. The van der Waals surface area contributed by atoms with E-state index in [-0.39, 0.29) is 5.82 Å². The van der Waals surface area contributed by atoms with Crippen molar-refractivity contribution < 1.29 is 4.39 Å². The Labute approximate surface area is 136 Å². The Morgan fingerprint density at radius 1 is 1.17 bits per heavy atom. The monoisotopic (exact) mass is 317 g/mol. The van der Waals surface area contributed by atoms with Crippen molar-refractivity contribution in [3.63, 3.8) is 0 Å². The Morgan fingerprint density at radius 2 is 1.91 bits per heavy atom. The lowest BCUT2D eigenvalue weighted by Gasteiger charge is -2.23. The first kappa shape index (κ1) is 15.9. The van der Waals surface area contributed by atoms with Gasteiger partial charge in [0.25, 0.3) is 0 Å². The molecule has 0 radical (unpaired) electrons. The van der Waals surface area contributed by atoms with Crippen LogP contribution in [-0.4, -0.2) is 62.2 Å². The van der Waals surface area contributed by atoms with Crippen LogP contribution in [0.15, 0.2) is 18.3 Å². The van der Waals surface area contributed by atoms with Gasteiger partial charge >= 0.3 is 0 Å². The van der Waals surface area contributed by atoms with Crippen LogP contribution in [-0.2, 0) is 0 Å². The smallest absolute Gasteiger partial charge is 0.167 e. The zero-order valence-electron chi connectivity index (χ0n) is 14.1. The number of aromatic nitrogens is 2. The summed E-state index contributed by atoms with van der Waals surface area (Å²) in [7, 11) is 6.11. The van der Waals surface area contributed by atoms with Crippen molar-refractivity contribution in [1.29, 1.82) is 0 Å². The van der Waals surface area contributed by atoms with Crippen molar-refractivity contribution >= 4 is 22.5 Å². The lowest BCUT2D eigenvalue weighted by Crippen LogP contribution is -2.28. The summed E-state index contributed by atoms with van der Waals surface area (Å²) in [4.78, 5) is 15.1. The number of hydrogen-bond acceptors (Lipinski definition) is 5. The molecule has 2 aromatic rings. The molecule has 0 bridgehead atoms. The van der Waals surface area contributed by atoms with E-state index in [1.54, 1.807) is 12.3 Å². The maximum Gasteiger partial charge on any atom is 0.167 e. The van der Waals surface area contributed by atoms with Crippen molar-refractivity contribution in [2.45, 2.75) is 12.8 Å². The molecular formula is C17H24FN5. The number of halogens is 1. The molecule has 0 N–H and O–H groups in total. The standard InChI is InChI=1S/C17H24FN5/c1-21(2)10-11-22(3)15-6-7-19-16-13(15)12-14(18)17(20-16)23-8-4-5-9-23/h6-7,12H,4-5,8-11H2,1-3H3. The summed E-state index contributed by atoms with van der Waals surface area (Å²) in [6.07, 6.45) is 3.95. The molecule has 0 saturated carbocycles. The largest absolute Gasteiger partial charge is 0.373 e. The van der Waals surface area contributed by atoms with Gasteiger partial charge in [-0.2, -0.15) is 0 Å². The predicted molar refractivity (Wildman–Crippen MR) is 92.8 cm³/mol. The number of rotatable bonds is 5. The molecule has 0 amide bonds. The molecule has 0 aromatic carbocycles. The average Bonchev–Trinajstić information content (AvgIpc) is 3.05. The molecule has 0 spiro atoms. The quantitative estimate of drug-likeness (QED) is 0.846. The molecule has 1 aliphatic rings. The molecule has 1 saturated heterocycles. The van der Waals surface area contributed by atoms with Crippen LogP contribution in [0.2, 0.25) is 0 Å². The van der Waals surface area contributed by atoms with Crippen molar-refractivity contribution in [3.8, 4) is 0 Å². The fourth-order valence-electron chi connectivity index (χ4n) is 2.98. The minimum atomic E-state index is -0.255. The highest BCUT2D eigenvalue weighted by Crippen LogP contribution is 2.29. The third-order valence-electron chi connectivity index (χ3n) is 4.34. The Morgan fingerprint density at radius 3 is 2.61 bits per heavy atom. The molecule has 0 aliphatic carbocycles. The van der Waals surface area contributed by atoms with E-state index in [1.807, 2.05) is 32.1 Å². The summed E-state index contributed by atoms with van der Waals surface area (Å²) < 4.78 is 14.6. The first-order chi connectivity index (χ1) is 11.1. The Kier molecular flexibility index (Phi) is 4.61.